The van der Waals surface area contributed by atoms with Crippen molar-refractivity contribution in [3.63, 3.8) is 0 Å². The highest BCUT2D eigenvalue weighted by Gasteiger charge is 2.22. The Balaban J connectivity index is 1.50. The number of aromatic nitrogens is 1. The molecular formula is C24H22BrNO3. The highest BCUT2D eigenvalue weighted by molar-refractivity contribution is 9.10. The molecule has 0 aliphatic carbocycles. The minimum absolute atomic E-state index is 0.314. The van der Waals surface area contributed by atoms with E-state index in [4.69, 9.17) is 9.47 Å². The zero-order chi connectivity index (χ0) is 20.2. The van der Waals surface area contributed by atoms with Crippen LogP contribution in [0, 0.1) is 0 Å². The van der Waals surface area contributed by atoms with E-state index in [1.165, 1.54) is 5.39 Å². The highest BCUT2D eigenvalue weighted by Crippen LogP contribution is 2.32. The van der Waals surface area contributed by atoms with Crippen LogP contribution in [0.5, 0.6) is 5.75 Å². The lowest BCUT2D eigenvalue weighted by Gasteiger charge is -2.12. The van der Waals surface area contributed by atoms with Gasteiger partial charge in [0.05, 0.1) is 17.7 Å². The van der Waals surface area contributed by atoms with Crippen molar-refractivity contribution in [1.82, 2.24) is 4.57 Å². The number of aryl methyl sites for hydroxylation is 1. The van der Waals surface area contributed by atoms with Crippen molar-refractivity contribution in [3.8, 4) is 5.75 Å². The van der Waals surface area contributed by atoms with Crippen molar-refractivity contribution in [2.24, 2.45) is 0 Å². The van der Waals surface area contributed by atoms with Gasteiger partial charge in [0.25, 0.3) is 0 Å². The molecule has 4 aromatic rings. The van der Waals surface area contributed by atoms with Crippen LogP contribution in [0.1, 0.15) is 23.8 Å². The van der Waals surface area contributed by atoms with Crippen LogP contribution in [0.25, 0.3) is 21.7 Å². The lowest BCUT2D eigenvalue weighted by molar-refractivity contribution is 0.0512. The van der Waals surface area contributed by atoms with Gasteiger partial charge in [-0.05, 0) is 58.2 Å². The van der Waals surface area contributed by atoms with Crippen LogP contribution in [0.4, 0.5) is 0 Å². The van der Waals surface area contributed by atoms with Gasteiger partial charge in [-0.25, -0.2) is 4.79 Å². The molecule has 0 saturated heterocycles. The number of carbonyl (C=O) groups excluding carboxylic acids is 1. The molecule has 0 aliphatic heterocycles. The van der Waals surface area contributed by atoms with E-state index >= 15 is 0 Å². The molecule has 3 aromatic carbocycles. The maximum atomic E-state index is 12.5. The first-order valence-corrected chi connectivity index (χ1v) is 10.5. The third-order valence-electron chi connectivity index (χ3n) is 4.89. The SMILES string of the molecule is CCOC(=O)c1c(Br)c2ccccc2n1CCCOc1ccc2ccccc2c1. The third-order valence-corrected chi connectivity index (χ3v) is 5.70. The summed E-state index contributed by atoms with van der Waals surface area (Å²) in [6, 6.07) is 22.3. The third kappa shape index (κ3) is 4.01. The number of carbonyl (C=O) groups is 1. The van der Waals surface area contributed by atoms with Crippen molar-refractivity contribution >= 4 is 43.6 Å². The zero-order valence-electron chi connectivity index (χ0n) is 16.2. The summed E-state index contributed by atoms with van der Waals surface area (Å²) < 4.78 is 14.0. The van der Waals surface area contributed by atoms with Gasteiger partial charge in [-0.1, -0.05) is 48.5 Å². The second kappa shape index (κ2) is 8.70. The van der Waals surface area contributed by atoms with Crippen LogP contribution in [-0.4, -0.2) is 23.8 Å². The summed E-state index contributed by atoms with van der Waals surface area (Å²) in [7, 11) is 0. The Hall–Kier alpha value is -2.79. The van der Waals surface area contributed by atoms with Crippen molar-refractivity contribution in [1.29, 1.82) is 0 Å². The molecule has 0 bridgehead atoms. The summed E-state index contributed by atoms with van der Waals surface area (Å²) in [4.78, 5) is 12.5. The first kappa shape index (κ1) is 19.5. The van der Waals surface area contributed by atoms with E-state index in [0.717, 1.165) is 32.9 Å². The molecule has 0 N–H and O–H groups in total. The number of halogens is 1. The van der Waals surface area contributed by atoms with Gasteiger partial charge < -0.3 is 14.0 Å². The van der Waals surface area contributed by atoms with Gasteiger partial charge in [-0.2, -0.15) is 0 Å². The first-order chi connectivity index (χ1) is 14.2. The van der Waals surface area contributed by atoms with E-state index in [-0.39, 0.29) is 5.97 Å². The number of esters is 1. The Morgan fingerprint density at radius 3 is 2.59 bits per heavy atom. The minimum Gasteiger partial charge on any atom is -0.494 e. The van der Waals surface area contributed by atoms with Crippen LogP contribution in [0.3, 0.4) is 0 Å². The second-order valence-electron chi connectivity index (χ2n) is 6.76. The molecule has 5 heteroatoms. The fraction of sp³-hybridized carbons (Fsp3) is 0.208. The summed E-state index contributed by atoms with van der Waals surface area (Å²) in [5.41, 5.74) is 1.56. The van der Waals surface area contributed by atoms with E-state index in [1.54, 1.807) is 0 Å². The fourth-order valence-corrected chi connectivity index (χ4v) is 4.27. The molecule has 1 aromatic heterocycles. The molecule has 29 heavy (non-hydrogen) atoms. The number of benzene rings is 3. The predicted molar refractivity (Wildman–Crippen MR) is 120 cm³/mol. The average Bonchev–Trinajstić information content (AvgIpc) is 3.03. The smallest absolute Gasteiger partial charge is 0.356 e. The van der Waals surface area contributed by atoms with Crippen molar-refractivity contribution < 1.29 is 14.3 Å². The van der Waals surface area contributed by atoms with Gasteiger partial charge in [-0.3, -0.25) is 0 Å². The van der Waals surface area contributed by atoms with Crippen LogP contribution in [-0.2, 0) is 11.3 Å². The number of para-hydroxylation sites is 1. The summed E-state index contributed by atoms with van der Waals surface area (Å²) in [6.07, 6.45) is 0.768. The number of fused-ring (bicyclic) bond motifs is 2. The molecular weight excluding hydrogens is 430 g/mol. The van der Waals surface area contributed by atoms with Crippen molar-refractivity contribution in [2.45, 2.75) is 19.9 Å². The summed E-state index contributed by atoms with van der Waals surface area (Å²) in [5.74, 6) is 0.541. The van der Waals surface area contributed by atoms with Gasteiger partial charge in [0, 0.05) is 17.4 Å². The Labute approximate surface area is 178 Å². The quantitative estimate of drug-likeness (QED) is 0.248. The molecule has 0 saturated carbocycles. The Kier molecular flexibility index (Phi) is 5.86. The molecule has 0 spiro atoms. The number of hydrogen-bond donors (Lipinski definition) is 0. The number of ether oxygens (including phenoxy) is 2. The van der Waals surface area contributed by atoms with Crippen LogP contribution in [0.2, 0.25) is 0 Å². The Bertz CT molecular complexity index is 1170. The lowest BCUT2D eigenvalue weighted by atomic mass is 10.1. The molecule has 1 heterocycles. The van der Waals surface area contributed by atoms with E-state index in [1.807, 2.05) is 54.0 Å². The largest absolute Gasteiger partial charge is 0.494 e. The van der Waals surface area contributed by atoms with Crippen molar-refractivity contribution in [3.05, 3.63) is 76.9 Å². The molecule has 0 aliphatic rings. The van der Waals surface area contributed by atoms with E-state index < -0.39 is 0 Å². The number of rotatable bonds is 7. The molecule has 0 amide bonds. The maximum absolute atomic E-state index is 12.5. The highest BCUT2D eigenvalue weighted by atomic mass is 79.9. The normalized spacial score (nSPS) is 11.1. The number of nitrogens with zero attached hydrogens (tertiary/aromatic N) is 1. The molecule has 0 unspecified atom stereocenters. The van der Waals surface area contributed by atoms with Gasteiger partial charge in [0.1, 0.15) is 11.4 Å². The monoisotopic (exact) mass is 451 g/mol. The van der Waals surface area contributed by atoms with Crippen molar-refractivity contribution in [2.75, 3.05) is 13.2 Å². The Morgan fingerprint density at radius 1 is 1.00 bits per heavy atom. The van der Waals surface area contributed by atoms with Gasteiger partial charge in [0.2, 0.25) is 0 Å². The standard InChI is InChI=1S/C24H22BrNO3/c1-2-28-24(27)23-22(25)20-10-5-6-11-21(20)26(23)14-7-15-29-19-13-12-17-8-3-4-9-18(17)16-19/h3-6,8-13,16H,2,7,14-15H2,1H3. The van der Waals surface area contributed by atoms with Crippen LogP contribution in [0.15, 0.2) is 71.2 Å². The second-order valence-corrected chi connectivity index (χ2v) is 7.56. The minimum atomic E-state index is -0.314. The molecule has 148 valence electrons. The summed E-state index contributed by atoms with van der Waals surface area (Å²) in [5, 5.41) is 3.36. The summed E-state index contributed by atoms with van der Waals surface area (Å²) in [6.45, 7) is 3.38. The van der Waals surface area contributed by atoms with Gasteiger partial charge in [-0.15, -0.1) is 0 Å². The molecule has 4 rings (SSSR count). The first-order valence-electron chi connectivity index (χ1n) is 9.74. The van der Waals surface area contributed by atoms with Crippen LogP contribution >= 0.6 is 15.9 Å². The molecule has 0 radical (unpaired) electrons. The molecule has 0 fully saturated rings. The van der Waals surface area contributed by atoms with Gasteiger partial charge >= 0.3 is 5.97 Å². The van der Waals surface area contributed by atoms with Crippen LogP contribution < -0.4 is 4.74 Å². The van der Waals surface area contributed by atoms with E-state index in [9.17, 15) is 4.79 Å². The van der Waals surface area contributed by atoms with E-state index in [2.05, 4.69) is 40.2 Å². The maximum Gasteiger partial charge on any atom is 0.356 e. The zero-order valence-corrected chi connectivity index (χ0v) is 17.8. The topological polar surface area (TPSA) is 40.5 Å². The molecule has 0 atom stereocenters. The summed E-state index contributed by atoms with van der Waals surface area (Å²) >= 11 is 3.59. The predicted octanol–water partition coefficient (Wildman–Crippen LogP) is 6.20. The fourth-order valence-electron chi connectivity index (χ4n) is 3.56. The average molecular weight is 452 g/mol. The lowest BCUT2D eigenvalue weighted by Crippen LogP contribution is -2.14. The Morgan fingerprint density at radius 2 is 1.76 bits per heavy atom. The van der Waals surface area contributed by atoms with Gasteiger partial charge in [0.15, 0.2) is 0 Å². The van der Waals surface area contributed by atoms with E-state index in [0.29, 0.717) is 25.5 Å². The number of hydrogen-bond acceptors (Lipinski definition) is 3. The molecule has 4 nitrogen and oxygen atoms in total.